The van der Waals surface area contributed by atoms with Crippen LogP contribution in [0, 0.1) is 5.92 Å². The number of rotatable bonds is 6. The summed E-state index contributed by atoms with van der Waals surface area (Å²) in [4.78, 5) is 14.2. The van der Waals surface area contributed by atoms with E-state index in [1.54, 1.807) is 0 Å². The summed E-state index contributed by atoms with van der Waals surface area (Å²) in [5.74, 6) is 0.464. The minimum absolute atomic E-state index is 0.00544. The normalized spacial score (nSPS) is 19.8. The Hall–Kier alpha value is -0.870. The van der Waals surface area contributed by atoms with Gasteiger partial charge < -0.3 is 11.1 Å². The molecule has 0 bridgehead atoms. The second-order valence-electron chi connectivity index (χ2n) is 5.61. The smallest absolute Gasteiger partial charge is 0.237 e. The van der Waals surface area contributed by atoms with Crippen LogP contribution in [0.5, 0.6) is 0 Å². The number of nitrogens with two attached hydrogens (primary N) is 1. The van der Waals surface area contributed by atoms with Crippen LogP contribution in [0.15, 0.2) is 12.7 Å². The summed E-state index contributed by atoms with van der Waals surface area (Å²) < 4.78 is 0. The first-order valence-corrected chi connectivity index (χ1v) is 6.92. The third-order valence-corrected chi connectivity index (χ3v) is 3.38. The molecule has 0 aromatic carbocycles. The Morgan fingerprint density at radius 2 is 2.11 bits per heavy atom. The molecular formula is C14H27N3O. The highest BCUT2D eigenvalue weighted by Gasteiger charge is 2.22. The summed E-state index contributed by atoms with van der Waals surface area (Å²) in [5.41, 5.74) is 5.87. The second-order valence-corrected chi connectivity index (χ2v) is 5.61. The topological polar surface area (TPSA) is 58.4 Å². The van der Waals surface area contributed by atoms with Crippen molar-refractivity contribution in [1.29, 1.82) is 0 Å². The zero-order valence-electron chi connectivity index (χ0n) is 11.7. The molecule has 0 aliphatic carbocycles. The molecule has 1 atom stereocenters. The van der Waals surface area contributed by atoms with Crippen LogP contribution in [0.4, 0.5) is 0 Å². The largest absolute Gasteiger partial charge is 0.352 e. The number of likely N-dealkylation sites (tertiary alicyclic amines) is 1. The Morgan fingerprint density at radius 3 is 2.61 bits per heavy atom. The SMILES string of the molecule is C=CCN1CCC(NC(=O)[C@@H](N)CC(C)C)CC1. The minimum Gasteiger partial charge on any atom is -0.352 e. The van der Waals surface area contributed by atoms with E-state index >= 15 is 0 Å². The van der Waals surface area contributed by atoms with Crippen LogP contribution in [-0.4, -0.2) is 42.5 Å². The lowest BCUT2D eigenvalue weighted by Gasteiger charge is -2.32. The fourth-order valence-corrected chi connectivity index (χ4v) is 2.37. The third-order valence-electron chi connectivity index (χ3n) is 3.38. The quantitative estimate of drug-likeness (QED) is 0.698. The Bertz CT molecular complexity index is 270. The Kier molecular flexibility index (Phi) is 6.36. The van der Waals surface area contributed by atoms with Crippen molar-refractivity contribution in [2.75, 3.05) is 19.6 Å². The summed E-state index contributed by atoms with van der Waals surface area (Å²) in [6.07, 6.45) is 4.69. The summed E-state index contributed by atoms with van der Waals surface area (Å²) in [6, 6.07) is -0.0759. The lowest BCUT2D eigenvalue weighted by Crippen LogP contribution is -2.49. The highest BCUT2D eigenvalue weighted by Crippen LogP contribution is 2.11. The number of nitrogens with one attached hydrogen (secondary N) is 1. The number of nitrogens with zero attached hydrogens (tertiary/aromatic N) is 1. The molecule has 0 radical (unpaired) electrons. The highest BCUT2D eigenvalue weighted by molar-refractivity contribution is 5.81. The van der Waals surface area contributed by atoms with Crippen molar-refractivity contribution < 1.29 is 4.79 Å². The van der Waals surface area contributed by atoms with Gasteiger partial charge in [-0.3, -0.25) is 9.69 Å². The lowest BCUT2D eigenvalue weighted by atomic mass is 10.0. The van der Waals surface area contributed by atoms with Crippen LogP contribution in [-0.2, 0) is 4.79 Å². The molecule has 3 N–H and O–H groups in total. The van der Waals surface area contributed by atoms with Crippen molar-refractivity contribution >= 4 is 5.91 Å². The summed E-state index contributed by atoms with van der Waals surface area (Å²) in [7, 11) is 0. The number of carbonyl (C=O) groups excluding carboxylic acids is 1. The average Bonchev–Trinajstić information content (AvgIpc) is 2.31. The summed E-state index contributed by atoms with van der Waals surface area (Å²) >= 11 is 0. The maximum atomic E-state index is 11.9. The van der Waals surface area contributed by atoms with Crippen molar-refractivity contribution in [1.82, 2.24) is 10.2 Å². The molecule has 0 aromatic rings. The summed E-state index contributed by atoms with van der Waals surface area (Å²) in [6.45, 7) is 10.9. The molecule has 0 aromatic heterocycles. The van der Waals surface area contributed by atoms with Gasteiger partial charge in [-0.1, -0.05) is 19.9 Å². The van der Waals surface area contributed by atoms with E-state index in [1.165, 1.54) is 0 Å². The molecule has 18 heavy (non-hydrogen) atoms. The standard InChI is InChI=1S/C14H27N3O/c1-4-7-17-8-5-12(6-9-17)16-14(18)13(15)10-11(2)3/h4,11-13H,1,5-10,15H2,2-3H3,(H,16,18)/t13-/m0/s1. The lowest BCUT2D eigenvalue weighted by molar-refractivity contribution is -0.123. The average molecular weight is 253 g/mol. The Morgan fingerprint density at radius 1 is 1.50 bits per heavy atom. The fourth-order valence-electron chi connectivity index (χ4n) is 2.37. The van der Waals surface area contributed by atoms with Crippen LogP contribution in [0.1, 0.15) is 33.1 Å². The van der Waals surface area contributed by atoms with Gasteiger partial charge in [-0.05, 0) is 25.2 Å². The van der Waals surface area contributed by atoms with Gasteiger partial charge in [0.15, 0.2) is 0 Å². The number of amides is 1. The predicted octanol–water partition coefficient (Wildman–Crippen LogP) is 1.13. The van der Waals surface area contributed by atoms with Crippen molar-refractivity contribution in [3.63, 3.8) is 0 Å². The van der Waals surface area contributed by atoms with E-state index in [2.05, 4.69) is 30.6 Å². The van der Waals surface area contributed by atoms with E-state index in [-0.39, 0.29) is 18.0 Å². The zero-order valence-corrected chi connectivity index (χ0v) is 11.7. The van der Waals surface area contributed by atoms with Crippen molar-refractivity contribution in [2.45, 2.75) is 45.2 Å². The molecule has 0 unspecified atom stereocenters. The molecule has 104 valence electrons. The molecule has 0 spiro atoms. The molecule has 1 amide bonds. The van der Waals surface area contributed by atoms with Gasteiger partial charge in [0.25, 0.3) is 0 Å². The van der Waals surface area contributed by atoms with Crippen molar-refractivity contribution in [3.8, 4) is 0 Å². The molecule has 1 fully saturated rings. The van der Waals surface area contributed by atoms with Gasteiger partial charge in [-0.25, -0.2) is 0 Å². The molecule has 1 rings (SSSR count). The molecule has 1 heterocycles. The van der Waals surface area contributed by atoms with Crippen molar-refractivity contribution in [3.05, 3.63) is 12.7 Å². The fraction of sp³-hybridized carbons (Fsp3) is 0.786. The van der Waals surface area contributed by atoms with Crippen molar-refractivity contribution in [2.24, 2.45) is 11.7 Å². The molecule has 1 aliphatic rings. The van der Waals surface area contributed by atoms with Gasteiger partial charge in [0.1, 0.15) is 0 Å². The van der Waals surface area contributed by atoms with Crippen LogP contribution < -0.4 is 11.1 Å². The molecule has 0 saturated carbocycles. The molecular weight excluding hydrogens is 226 g/mol. The van der Waals surface area contributed by atoms with Gasteiger partial charge in [0.05, 0.1) is 6.04 Å². The van der Waals surface area contributed by atoms with Gasteiger partial charge in [-0.2, -0.15) is 0 Å². The first-order valence-electron chi connectivity index (χ1n) is 6.92. The molecule has 4 heteroatoms. The molecule has 4 nitrogen and oxygen atoms in total. The van der Waals surface area contributed by atoms with Crippen LogP contribution in [0.25, 0.3) is 0 Å². The van der Waals surface area contributed by atoms with E-state index in [4.69, 9.17) is 5.73 Å². The summed E-state index contributed by atoms with van der Waals surface area (Å²) in [5, 5.41) is 3.07. The minimum atomic E-state index is -0.365. The van der Waals surface area contributed by atoms with Crippen LogP contribution in [0.2, 0.25) is 0 Å². The number of carbonyl (C=O) groups is 1. The van der Waals surface area contributed by atoms with Gasteiger partial charge in [-0.15, -0.1) is 6.58 Å². The van der Waals surface area contributed by atoms with E-state index in [0.29, 0.717) is 5.92 Å². The highest BCUT2D eigenvalue weighted by atomic mass is 16.2. The van der Waals surface area contributed by atoms with E-state index < -0.39 is 0 Å². The van der Waals surface area contributed by atoms with Gasteiger partial charge in [0, 0.05) is 25.7 Å². The second kappa shape index (κ2) is 7.54. The van der Waals surface area contributed by atoms with E-state index in [9.17, 15) is 4.79 Å². The maximum absolute atomic E-state index is 11.9. The Balaban J connectivity index is 2.27. The molecule has 1 aliphatic heterocycles. The van der Waals surface area contributed by atoms with E-state index in [0.717, 1.165) is 38.9 Å². The van der Waals surface area contributed by atoms with Gasteiger partial charge in [0.2, 0.25) is 5.91 Å². The monoisotopic (exact) mass is 253 g/mol. The third kappa shape index (κ3) is 5.19. The number of piperidine rings is 1. The Labute approximate surface area is 111 Å². The first-order chi connectivity index (χ1) is 8.52. The van der Waals surface area contributed by atoms with Crippen LogP contribution >= 0.6 is 0 Å². The molecule has 1 saturated heterocycles. The number of hydrogen-bond donors (Lipinski definition) is 2. The maximum Gasteiger partial charge on any atom is 0.237 e. The van der Waals surface area contributed by atoms with Gasteiger partial charge >= 0.3 is 0 Å². The first kappa shape index (κ1) is 15.2. The van der Waals surface area contributed by atoms with Crippen LogP contribution in [0.3, 0.4) is 0 Å². The van der Waals surface area contributed by atoms with E-state index in [1.807, 2.05) is 6.08 Å². The predicted molar refractivity (Wildman–Crippen MR) is 75.2 cm³/mol. The number of hydrogen-bond acceptors (Lipinski definition) is 3. The zero-order chi connectivity index (χ0) is 13.5.